The highest BCUT2D eigenvalue weighted by atomic mass is 19.4. The van der Waals surface area contributed by atoms with Gasteiger partial charge in [0.1, 0.15) is 5.76 Å². The number of carbonyl (C=O) groups excluding carboxylic acids is 2. The number of anilines is 1. The average molecular weight is 323 g/mol. The van der Waals surface area contributed by atoms with Gasteiger partial charge in [0.05, 0.1) is 0 Å². The maximum absolute atomic E-state index is 12.2. The summed E-state index contributed by atoms with van der Waals surface area (Å²) in [6.45, 7) is 1.70. The fourth-order valence-electron chi connectivity index (χ4n) is 1.74. The molecule has 1 N–H and O–H groups in total. The Morgan fingerprint density at radius 3 is 2.52 bits per heavy atom. The van der Waals surface area contributed by atoms with E-state index in [4.69, 9.17) is 4.42 Å². The van der Waals surface area contributed by atoms with Crippen molar-refractivity contribution in [2.75, 3.05) is 5.32 Å². The Morgan fingerprint density at radius 2 is 1.91 bits per heavy atom. The smallest absolute Gasteiger partial charge is 0.458 e. The first-order valence-corrected chi connectivity index (χ1v) is 6.53. The molecule has 23 heavy (non-hydrogen) atoms. The molecule has 2 rings (SSSR count). The number of benzene rings is 1. The molecule has 7 heteroatoms. The van der Waals surface area contributed by atoms with Crippen LogP contribution in [0, 0.1) is 6.92 Å². The number of furan rings is 1. The van der Waals surface area contributed by atoms with Crippen LogP contribution in [0.5, 0.6) is 0 Å². The normalized spacial score (nSPS) is 11.7. The van der Waals surface area contributed by atoms with E-state index in [-0.39, 0.29) is 17.2 Å². The van der Waals surface area contributed by atoms with Gasteiger partial charge in [0.2, 0.25) is 5.78 Å². The molecule has 120 valence electrons. The second-order valence-electron chi connectivity index (χ2n) is 4.69. The van der Waals surface area contributed by atoms with Gasteiger partial charge in [-0.05, 0) is 42.8 Å². The van der Waals surface area contributed by atoms with Crippen LogP contribution in [-0.4, -0.2) is 17.9 Å². The molecule has 0 aliphatic carbocycles. The second-order valence-corrected chi connectivity index (χ2v) is 4.69. The lowest BCUT2D eigenvalue weighted by Gasteiger charge is -2.08. The number of ketones is 1. The third kappa shape index (κ3) is 4.57. The zero-order chi connectivity index (χ0) is 17.0. The van der Waals surface area contributed by atoms with Crippen molar-refractivity contribution in [2.45, 2.75) is 13.1 Å². The van der Waals surface area contributed by atoms with Gasteiger partial charge in [0.15, 0.2) is 5.76 Å². The fraction of sp³-hybridized carbons (Fsp3) is 0.125. The van der Waals surface area contributed by atoms with Crippen molar-refractivity contribution in [3.05, 3.63) is 59.6 Å². The van der Waals surface area contributed by atoms with E-state index < -0.39 is 12.1 Å². The molecular weight excluding hydrogens is 311 g/mol. The minimum atomic E-state index is -4.96. The molecule has 0 bridgehead atoms. The molecule has 4 nitrogen and oxygen atoms in total. The third-order valence-electron chi connectivity index (χ3n) is 2.81. The average Bonchev–Trinajstić information content (AvgIpc) is 2.91. The van der Waals surface area contributed by atoms with E-state index in [1.54, 1.807) is 24.4 Å². The van der Waals surface area contributed by atoms with Gasteiger partial charge in [0, 0.05) is 5.69 Å². The highest BCUT2D eigenvalue weighted by molar-refractivity contribution is 6.05. The van der Waals surface area contributed by atoms with E-state index in [2.05, 4.69) is 0 Å². The number of carbonyl (C=O) groups is 2. The van der Waals surface area contributed by atoms with Crippen molar-refractivity contribution in [2.24, 2.45) is 0 Å². The molecule has 0 saturated heterocycles. The maximum Gasteiger partial charge on any atom is 0.471 e. The molecule has 1 heterocycles. The van der Waals surface area contributed by atoms with Crippen LogP contribution in [0.3, 0.4) is 0 Å². The summed E-state index contributed by atoms with van der Waals surface area (Å²) in [5, 5.41) is 1.74. The zero-order valence-electron chi connectivity index (χ0n) is 12.0. The first-order chi connectivity index (χ1) is 10.8. The van der Waals surface area contributed by atoms with Crippen molar-refractivity contribution >= 4 is 23.5 Å². The number of nitrogens with one attached hydrogen (secondary N) is 1. The van der Waals surface area contributed by atoms with E-state index >= 15 is 0 Å². The summed E-state index contributed by atoms with van der Waals surface area (Å²) in [6, 6.07) is 8.86. The van der Waals surface area contributed by atoms with Crippen LogP contribution >= 0.6 is 0 Å². The second kappa shape index (κ2) is 6.51. The predicted molar refractivity (Wildman–Crippen MR) is 77.9 cm³/mol. The number of halogens is 3. The summed E-state index contributed by atoms with van der Waals surface area (Å²) >= 11 is 0. The monoisotopic (exact) mass is 323 g/mol. The summed E-state index contributed by atoms with van der Waals surface area (Å²) in [7, 11) is 0. The van der Waals surface area contributed by atoms with Crippen molar-refractivity contribution in [1.82, 2.24) is 0 Å². The van der Waals surface area contributed by atoms with Gasteiger partial charge in [-0.2, -0.15) is 13.2 Å². The predicted octanol–water partition coefficient (Wildman–Crippen LogP) is 3.98. The Balaban J connectivity index is 2.09. The number of alkyl halides is 3. The molecular formula is C16H12F3NO3. The zero-order valence-corrected chi connectivity index (χ0v) is 12.0. The number of rotatable bonds is 4. The van der Waals surface area contributed by atoms with Crippen LogP contribution in [0.1, 0.15) is 21.9 Å². The van der Waals surface area contributed by atoms with Crippen LogP contribution in [0.2, 0.25) is 0 Å². The van der Waals surface area contributed by atoms with Gasteiger partial charge >= 0.3 is 12.1 Å². The molecule has 0 saturated carbocycles. The van der Waals surface area contributed by atoms with Gasteiger partial charge in [0.25, 0.3) is 0 Å². The Bertz CT molecular complexity index is 760. The summed E-state index contributed by atoms with van der Waals surface area (Å²) in [5.41, 5.74) is 0.442. The van der Waals surface area contributed by atoms with Gasteiger partial charge in [-0.1, -0.05) is 18.2 Å². The van der Waals surface area contributed by atoms with Crippen LogP contribution < -0.4 is 5.32 Å². The van der Waals surface area contributed by atoms with Crippen LogP contribution in [0.25, 0.3) is 6.08 Å². The van der Waals surface area contributed by atoms with E-state index in [0.717, 1.165) is 0 Å². The Kier molecular flexibility index (Phi) is 4.68. The highest BCUT2D eigenvalue weighted by Gasteiger charge is 2.38. The van der Waals surface area contributed by atoms with Crippen LogP contribution in [0.4, 0.5) is 18.9 Å². The van der Waals surface area contributed by atoms with Crippen LogP contribution in [0.15, 0.2) is 46.9 Å². The van der Waals surface area contributed by atoms with Crippen molar-refractivity contribution < 1.29 is 27.2 Å². The number of amides is 1. The molecule has 1 aromatic carbocycles. The Labute approximate surface area is 129 Å². The lowest BCUT2D eigenvalue weighted by molar-refractivity contribution is -0.167. The van der Waals surface area contributed by atoms with E-state index in [1.807, 2.05) is 0 Å². The molecule has 1 aromatic heterocycles. The van der Waals surface area contributed by atoms with Gasteiger partial charge in [-0.15, -0.1) is 0 Å². The minimum Gasteiger partial charge on any atom is -0.458 e. The quantitative estimate of drug-likeness (QED) is 0.684. The van der Waals surface area contributed by atoms with Crippen molar-refractivity contribution in [3.63, 3.8) is 0 Å². The third-order valence-corrected chi connectivity index (χ3v) is 2.81. The van der Waals surface area contributed by atoms with Crippen LogP contribution in [-0.2, 0) is 4.79 Å². The van der Waals surface area contributed by atoms with E-state index in [9.17, 15) is 22.8 Å². The molecule has 1 amide bonds. The van der Waals surface area contributed by atoms with Crippen molar-refractivity contribution in [1.29, 1.82) is 0 Å². The molecule has 2 aromatic rings. The largest absolute Gasteiger partial charge is 0.471 e. The molecule has 0 unspecified atom stereocenters. The van der Waals surface area contributed by atoms with Gasteiger partial charge in [-0.3, -0.25) is 9.59 Å². The number of hydrogen-bond acceptors (Lipinski definition) is 3. The number of allylic oxidation sites excluding steroid dienone is 1. The lowest BCUT2D eigenvalue weighted by atomic mass is 10.1. The molecule has 0 radical (unpaired) electrons. The number of aryl methyl sites for hydroxylation is 1. The van der Waals surface area contributed by atoms with Gasteiger partial charge in [-0.25, -0.2) is 0 Å². The number of hydrogen-bond donors (Lipinski definition) is 1. The summed E-state index contributed by atoms with van der Waals surface area (Å²) < 4.78 is 41.8. The maximum atomic E-state index is 12.2. The summed E-state index contributed by atoms with van der Waals surface area (Å²) in [4.78, 5) is 22.7. The van der Waals surface area contributed by atoms with Crippen molar-refractivity contribution in [3.8, 4) is 0 Å². The topological polar surface area (TPSA) is 59.3 Å². The van der Waals surface area contributed by atoms with E-state index in [0.29, 0.717) is 11.3 Å². The molecule has 0 atom stereocenters. The fourth-order valence-corrected chi connectivity index (χ4v) is 1.74. The Hall–Kier alpha value is -2.83. The van der Waals surface area contributed by atoms with E-state index in [1.165, 1.54) is 36.4 Å². The summed E-state index contributed by atoms with van der Waals surface area (Å²) in [6.07, 6.45) is -2.30. The summed E-state index contributed by atoms with van der Waals surface area (Å²) in [5.74, 6) is -1.66. The van der Waals surface area contributed by atoms with Gasteiger partial charge < -0.3 is 9.73 Å². The molecule has 0 aliphatic rings. The molecule has 0 aliphatic heterocycles. The minimum absolute atomic E-state index is 0.0178. The first kappa shape index (κ1) is 16.5. The standard InChI is InChI=1S/C16H12F3NO3/c1-10-5-8-14(23-10)13(21)7-6-11-3-2-4-12(9-11)20-15(22)16(17,18)19/h2-9H,1H3,(H,20,22)/b7-6+. The SMILES string of the molecule is Cc1ccc(C(=O)/C=C/c2cccc(NC(=O)C(F)(F)F)c2)o1. The highest BCUT2D eigenvalue weighted by Crippen LogP contribution is 2.19. The lowest BCUT2D eigenvalue weighted by Crippen LogP contribution is -2.29. The molecule has 0 spiro atoms. The Morgan fingerprint density at radius 1 is 1.17 bits per heavy atom. The first-order valence-electron chi connectivity index (χ1n) is 6.53. The molecule has 0 fully saturated rings.